The third kappa shape index (κ3) is 2.30. The number of benzene rings is 1. The minimum absolute atomic E-state index is 0.0864. The monoisotopic (exact) mass is 297 g/mol. The summed E-state index contributed by atoms with van der Waals surface area (Å²) in [6.07, 6.45) is 6.96. The molecule has 1 aromatic carbocycles. The van der Waals surface area contributed by atoms with Crippen molar-refractivity contribution in [2.24, 2.45) is 17.8 Å². The molecule has 1 amide bonds. The first kappa shape index (κ1) is 13.5. The smallest absolute Gasteiger partial charge is 0.273 e. The van der Waals surface area contributed by atoms with E-state index in [1.54, 1.807) is 18.2 Å². The highest BCUT2D eigenvalue weighted by Crippen LogP contribution is 2.49. The number of nitrogens with one attached hydrogen (secondary N) is 1. The summed E-state index contributed by atoms with van der Waals surface area (Å²) in [6.45, 7) is 0. The van der Waals surface area contributed by atoms with E-state index in [1.165, 1.54) is 36.7 Å². The molecule has 114 valence electrons. The van der Waals surface area contributed by atoms with E-state index < -0.39 is 0 Å². The number of aromatic nitrogens is 2. The molecule has 3 unspecified atom stereocenters. The van der Waals surface area contributed by atoms with Crippen molar-refractivity contribution in [3.63, 3.8) is 0 Å². The Kier molecular flexibility index (Phi) is 3.21. The van der Waals surface area contributed by atoms with Crippen LogP contribution in [0.1, 0.15) is 32.1 Å². The zero-order valence-electron chi connectivity index (χ0n) is 12.4. The lowest BCUT2D eigenvalue weighted by Gasteiger charge is -2.21. The zero-order chi connectivity index (χ0) is 15.1. The van der Waals surface area contributed by atoms with Gasteiger partial charge >= 0.3 is 0 Å². The van der Waals surface area contributed by atoms with Crippen LogP contribution in [0.3, 0.4) is 0 Å². The molecule has 22 heavy (non-hydrogen) atoms. The number of hydrogen-bond acceptors (Lipinski definition) is 3. The molecule has 2 aromatic rings. The summed E-state index contributed by atoms with van der Waals surface area (Å²) < 4.78 is 1.21. The third-order valence-corrected chi connectivity index (χ3v) is 5.24. The van der Waals surface area contributed by atoms with Gasteiger partial charge in [-0.15, -0.1) is 0 Å². The predicted octanol–water partition coefficient (Wildman–Crippen LogP) is 2.29. The van der Waals surface area contributed by atoms with Crippen LogP contribution < -0.4 is 11.0 Å². The van der Waals surface area contributed by atoms with Crippen LogP contribution in [-0.2, 0) is 4.79 Å². The van der Waals surface area contributed by atoms with Gasteiger partial charge in [0.25, 0.3) is 5.56 Å². The van der Waals surface area contributed by atoms with E-state index in [1.807, 2.05) is 6.07 Å². The number of rotatable bonds is 3. The molecule has 2 aliphatic rings. The highest BCUT2D eigenvalue weighted by Gasteiger charge is 2.40. The summed E-state index contributed by atoms with van der Waals surface area (Å²) in [5.74, 6) is 1.94. The van der Waals surface area contributed by atoms with Crippen LogP contribution in [0.5, 0.6) is 0 Å². The Morgan fingerprint density at radius 2 is 2.14 bits per heavy atom. The van der Waals surface area contributed by atoms with E-state index in [9.17, 15) is 9.59 Å². The lowest BCUT2D eigenvalue weighted by molar-refractivity contribution is -0.118. The summed E-state index contributed by atoms with van der Waals surface area (Å²) in [7, 11) is 0. The largest absolute Gasteiger partial charge is 0.280 e. The maximum atomic E-state index is 12.3. The summed E-state index contributed by atoms with van der Waals surface area (Å²) in [6, 6.07) is 7.15. The van der Waals surface area contributed by atoms with Crippen LogP contribution in [0.25, 0.3) is 10.9 Å². The van der Waals surface area contributed by atoms with E-state index >= 15 is 0 Å². The maximum absolute atomic E-state index is 12.3. The standard InChI is InChI=1S/C17H19N3O2/c21-16(9-13-8-11-5-6-12(13)7-11)19-20-10-18-15-4-2-1-3-14(15)17(20)22/h1-4,10-13H,5-9H2,(H,19,21). The van der Waals surface area contributed by atoms with Crippen LogP contribution in [0.2, 0.25) is 0 Å². The summed E-state index contributed by atoms with van der Waals surface area (Å²) >= 11 is 0. The molecule has 2 fully saturated rings. The maximum Gasteiger partial charge on any atom is 0.280 e. The average Bonchev–Trinajstić information content (AvgIpc) is 3.13. The Labute approximate surface area is 128 Å². The van der Waals surface area contributed by atoms with Gasteiger partial charge in [-0.25, -0.2) is 9.66 Å². The van der Waals surface area contributed by atoms with Gasteiger partial charge in [-0.1, -0.05) is 18.6 Å². The fourth-order valence-electron chi connectivity index (χ4n) is 4.19. The Balaban J connectivity index is 1.50. The molecule has 1 heterocycles. The summed E-state index contributed by atoms with van der Waals surface area (Å²) in [4.78, 5) is 28.8. The molecular formula is C17H19N3O2. The first-order valence-corrected chi connectivity index (χ1v) is 7.97. The number of carbonyl (C=O) groups excluding carboxylic acids is 1. The Morgan fingerprint density at radius 3 is 2.91 bits per heavy atom. The summed E-state index contributed by atoms with van der Waals surface area (Å²) in [5.41, 5.74) is 3.11. The highest BCUT2D eigenvalue weighted by molar-refractivity contribution is 5.84. The van der Waals surface area contributed by atoms with E-state index in [2.05, 4.69) is 10.4 Å². The van der Waals surface area contributed by atoms with Crippen molar-refractivity contribution in [1.29, 1.82) is 0 Å². The van der Waals surface area contributed by atoms with Crippen LogP contribution in [0, 0.1) is 17.8 Å². The lowest BCUT2D eigenvalue weighted by atomic mass is 9.86. The molecule has 2 saturated carbocycles. The molecule has 2 aliphatic carbocycles. The van der Waals surface area contributed by atoms with E-state index in [0.717, 1.165) is 5.92 Å². The van der Waals surface area contributed by atoms with Crippen LogP contribution in [-0.4, -0.2) is 15.6 Å². The number of hydrogen-bond donors (Lipinski definition) is 1. The van der Waals surface area contributed by atoms with Crippen molar-refractivity contribution in [2.75, 3.05) is 5.43 Å². The molecule has 1 aromatic heterocycles. The normalized spacial score (nSPS) is 26.5. The van der Waals surface area contributed by atoms with Gasteiger partial charge in [0.2, 0.25) is 5.91 Å². The molecule has 4 rings (SSSR count). The molecule has 0 aliphatic heterocycles. The average molecular weight is 297 g/mol. The number of nitrogens with zero attached hydrogens (tertiary/aromatic N) is 2. The molecule has 0 saturated heterocycles. The number of amides is 1. The van der Waals surface area contributed by atoms with Gasteiger partial charge in [-0.05, 0) is 49.1 Å². The molecule has 0 radical (unpaired) electrons. The lowest BCUT2D eigenvalue weighted by Crippen LogP contribution is -2.34. The van der Waals surface area contributed by atoms with Gasteiger partial charge < -0.3 is 0 Å². The van der Waals surface area contributed by atoms with E-state index in [4.69, 9.17) is 0 Å². The molecule has 1 N–H and O–H groups in total. The van der Waals surface area contributed by atoms with Gasteiger partial charge in [-0.3, -0.25) is 15.0 Å². The molecule has 3 atom stereocenters. The Hall–Kier alpha value is -2.17. The minimum atomic E-state index is -0.230. The number of fused-ring (bicyclic) bond motifs is 3. The number of para-hydroxylation sites is 1. The minimum Gasteiger partial charge on any atom is -0.273 e. The van der Waals surface area contributed by atoms with Crippen LogP contribution in [0.4, 0.5) is 0 Å². The SMILES string of the molecule is O=C(CC1CC2CCC1C2)Nn1cnc2ccccc2c1=O. The fourth-order valence-corrected chi connectivity index (χ4v) is 4.19. The van der Waals surface area contributed by atoms with Gasteiger partial charge in [-0.2, -0.15) is 0 Å². The predicted molar refractivity (Wildman–Crippen MR) is 83.9 cm³/mol. The molecule has 2 bridgehead atoms. The molecular weight excluding hydrogens is 278 g/mol. The van der Waals surface area contributed by atoms with Gasteiger partial charge in [0.1, 0.15) is 6.33 Å². The van der Waals surface area contributed by atoms with Crippen LogP contribution >= 0.6 is 0 Å². The van der Waals surface area contributed by atoms with Gasteiger partial charge in [0.15, 0.2) is 0 Å². The molecule has 5 heteroatoms. The second-order valence-corrected chi connectivity index (χ2v) is 6.61. The molecule has 0 spiro atoms. The first-order chi connectivity index (χ1) is 10.7. The van der Waals surface area contributed by atoms with Crippen molar-refractivity contribution >= 4 is 16.8 Å². The van der Waals surface area contributed by atoms with E-state index in [0.29, 0.717) is 29.2 Å². The zero-order valence-corrected chi connectivity index (χ0v) is 12.4. The quantitative estimate of drug-likeness (QED) is 0.945. The van der Waals surface area contributed by atoms with Crippen LogP contribution in [0.15, 0.2) is 35.4 Å². The molecule has 5 nitrogen and oxygen atoms in total. The third-order valence-electron chi connectivity index (χ3n) is 5.24. The Bertz CT molecular complexity index is 783. The fraction of sp³-hybridized carbons (Fsp3) is 0.471. The van der Waals surface area contributed by atoms with Crippen molar-refractivity contribution in [3.8, 4) is 0 Å². The topological polar surface area (TPSA) is 64.0 Å². The highest BCUT2D eigenvalue weighted by atomic mass is 16.2. The first-order valence-electron chi connectivity index (χ1n) is 7.97. The van der Waals surface area contributed by atoms with E-state index in [-0.39, 0.29) is 11.5 Å². The Morgan fingerprint density at radius 1 is 1.27 bits per heavy atom. The van der Waals surface area contributed by atoms with Gasteiger partial charge in [0.05, 0.1) is 10.9 Å². The van der Waals surface area contributed by atoms with Crippen molar-refractivity contribution < 1.29 is 4.79 Å². The second-order valence-electron chi connectivity index (χ2n) is 6.61. The number of carbonyl (C=O) groups is 1. The van der Waals surface area contributed by atoms with Crippen molar-refractivity contribution in [2.45, 2.75) is 32.1 Å². The van der Waals surface area contributed by atoms with Crippen molar-refractivity contribution in [1.82, 2.24) is 9.66 Å². The summed E-state index contributed by atoms with van der Waals surface area (Å²) in [5, 5.41) is 0.519. The van der Waals surface area contributed by atoms with Crippen molar-refractivity contribution in [3.05, 3.63) is 40.9 Å². The van der Waals surface area contributed by atoms with Gasteiger partial charge in [0, 0.05) is 6.42 Å². The second kappa shape index (κ2) is 5.23.